The van der Waals surface area contributed by atoms with E-state index in [2.05, 4.69) is 25.4 Å². The SMILES string of the molecule is CN=C(NCC1(C(=O)N(C)C)CCCC1)N1CCN(CC(=O)NC2CC2)CC1. The Morgan fingerprint density at radius 1 is 1.11 bits per heavy atom. The molecule has 1 saturated heterocycles. The Labute approximate surface area is 168 Å². The molecular weight excluding hydrogens is 356 g/mol. The fraction of sp³-hybridized carbons (Fsp3) is 0.850. The molecule has 1 heterocycles. The molecule has 3 aliphatic rings. The van der Waals surface area contributed by atoms with Crippen LogP contribution in [-0.4, -0.2) is 98.9 Å². The summed E-state index contributed by atoms with van der Waals surface area (Å²) < 4.78 is 0. The number of carbonyl (C=O) groups excluding carboxylic acids is 2. The van der Waals surface area contributed by atoms with Crippen LogP contribution in [0.1, 0.15) is 38.5 Å². The summed E-state index contributed by atoms with van der Waals surface area (Å²) in [5.41, 5.74) is -0.303. The number of guanidine groups is 1. The van der Waals surface area contributed by atoms with E-state index in [0.29, 0.717) is 19.1 Å². The van der Waals surface area contributed by atoms with Crippen LogP contribution in [0, 0.1) is 5.41 Å². The molecule has 0 unspecified atom stereocenters. The number of hydrogen-bond acceptors (Lipinski definition) is 4. The van der Waals surface area contributed by atoms with Crippen molar-refractivity contribution in [2.75, 3.05) is 60.4 Å². The second-order valence-corrected chi connectivity index (χ2v) is 8.69. The first-order valence-corrected chi connectivity index (χ1v) is 10.6. The molecule has 8 heteroatoms. The number of rotatable bonds is 6. The maximum atomic E-state index is 12.8. The molecule has 28 heavy (non-hydrogen) atoms. The Kier molecular flexibility index (Phi) is 6.80. The summed E-state index contributed by atoms with van der Waals surface area (Å²) >= 11 is 0. The van der Waals surface area contributed by atoms with Crippen LogP contribution in [0.3, 0.4) is 0 Å². The zero-order chi connectivity index (χ0) is 20.1. The highest BCUT2D eigenvalue weighted by Gasteiger charge is 2.42. The van der Waals surface area contributed by atoms with Crippen molar-refractivity contribution in [3.05, 3.63) is 0 Å². The molecule has 0 atom stereocenters. The molecule has 2 aliphatic carbocycles. The van der Waals surface area contributed by atoms with Crippen molar-refractivity contribution in [3.8, 4) is 0 Å². The van der Waals surface area contributed by atoms with E-state index in [0.717, 1.165) is 70.7 Å². The minimum atomic E-state index is -0.303. The fourth-order valence-electron chi connectivity index (χ4n) is 4.39. The predicted octanol–water partition coefficient (Wildman–Crippen LogP) is 0.107. The minimum absolute atomic E-state index is 0.142. The first kappa shape index (κ1) is 20.9. The highest BCUT2D eigenvalue weighted by atomic mass is 16.2. The zero-order valence-electron chi connectivity index (χ0n) is 17.7. The standard InChI is InChI=1S/C20H36N6O2/c1-21-19(22-15-20(8-4-5-9-20)18(28)24(2)3)26-12-10-25(11-13-26)14-17(27)23-16-6-7-16/h16H,4-15H2,1-3H3,(H,21,22)(H,23,27). The molecule has 1 aliphatic heterocycles. The molecule has 0 aromatic heterocycles. The molecule has 0 aromatic rings. The Bertz CT molecular complexity index is 588. The van der Waals surface area contributed by atoms with Gasteiger partial charge in [0.15, 0.2) is 5.96 Å². The van der Waals surface area contributed by atoms with Gasteiger partial charge in [-0.2, -0.15) is 0 Å². The summed E-state index contributed by atoms with van der Waals surface area (Å²) in [6.07, 6.45) is 6.36. The second-order valence-electron chi connectivity index (χ2n) is 8.69. The third kappa shape index (κ3) is 5.16. The molecule has 0 radical (unpaired) electrons. The van der Waals surface area contributed by atoms with E-state index in [4.69, 9.17) is 0 Å². The molecular formula is C20H36N6O2. The van der Waals surface area contributed by atoms with E-state index in [1.54, 1.807) is 11.9 Å². The van der Waals surface area contributed by atoms with E-state index < -0.39 is 0 Å². The maximum Gasteiger partial charge on any atom is 0.234 e. The van der Waals surface area contributed by atoms with Crippen molar-refractivity contribution < 1.29 is 9.59 Å². The van der Waals surface area contributed by atoms with Gasteiger partial charge in [-0.25, -0.2) is 0 Å². The number of hydrogen-bond donors (Lipinski definition) is 2. The van der Waals surface area contributed by atoms with Crippen LogP contribution in [0.15, 0.2) is 4.99 Å². The van der Waals surface area contributed by atoms with Gasteiger partial charge < -0.3 is 20.4 Å². The lowest BCUT2D eigenvalue weighted by Crippen LogP contribution is -2.56. The van der Waals surface area contributed by atoms with Crippen molar-refractivity contribution in [1.82, 2.24) is 25.3 Å². The lowest BCUT2D eigenvalue weighted by molar-refractivity contribution is -0.138. The van der Waals surface area contributed by atoms with Gasteiger partial charge in [-0.15, -0.1) is 0 Å². The Morgan fingerprint density at radius 3 is 2.29 bits per heavy atom. The van der Waals surface area contributed by atoms with Crippen LogP contribution < -0.4 is 10.6 Å². The number of nitrogens with zero attached hydrogens (tertiary/aromatic N) is 4. The summed E-state index contributed by atoms with van der Waals surface area (Å²) in [6, 6.07) is 0.421. The maximum absolute atomic E-state index is 12.8. The molecule has 3 rings (SSSR count). The quantitative estimate of drug-likeness (QED) is 0.495. The molecule has 8 nitrogen and oxygen atoms in total. The van der Waals surface area contributed by atoms with Gasteiger partial charge >= 0.3 is 0 Å². The van der Waals surface area contributed by atoms with Gasteiger partial charge in [0.05, 0.1) is 12.0 Å². The first-order valence-electron chi connectivity index (χ1n) is 10.6. The van der Waals surface area contributed by atoms with Gasteiger partial charge in [0.1, 0.15) is 0 Å². The molecule has 2 N–H and O–H groups in total. The minimum Gasteiger partial charge on any atom is -0.355 e. The summed E-state index contributed by atoms with van der Waals surface area (Å²) in [4.78, 5) is 35.4. The monoisotopic (exact) mass is 392 g/mol. The van der Waals surface area contributed by atoms with Crippen LogP contribution in [0.2, 0.25) is 0 Å². The Hall–Kier alpha value is -1.83. The van der Waals surface area contributed by atoms with Gasteiger partial charge in [-0.05, 0) is 25.7 Å². The number of nitrogens with one attached hydrogen (secondary N) is 2. The number of aliphatic imine (C=N–C) groups is 1. The average molecular weight is 393 g/mol. The second kappa shape index (κ2) is 9.11. The zero-order valence-corrected chi connectivity index (χ0v) is 17.7. The molecule has 2 saturated carbocycles. The van der Waals surface area contributed by atoms with Crippen LogP contribution in [0.4, 0.5) is 0 Å². The first-order chi connectivity index (χ1) is 13.4. The van der Waals surface area contributed by atoms with Crippen molar-refractivity contribution in [1.29, 1.82) is 0 Å². The molecule has 0 bridgehead atoms. The fourth-order valence-corrected chi connectivity index (χ4v) is 4.39. The lowest BCUT2D eigenvalue weighted by atomic mass is 9.84. The topological polar surface area (TPSA) is 80.3 Å². The van der Waals surface area contributed by atoms with Crippen LogP contribution >= 0.6 is 0 Å². The molecule has 158 valence electrons. The third-order valence-corrected chi connectivity index (χ3v) is 6.20. The Morgan fingerprint density at radius 2 is 1.75 bits per heavy atom. The van der Waals surface area contributed by atoms with E-state index in [1.165, 1.54) is 0 Å². The highest BCUT2D eigenvalue weighted by Crippen LogP contribution is 2.39. The Balaban J connectivity index is 1.47. The highest BCUT2D eigenvalue weighted by molar-refractivity contribution is 5.85. The van der Waals surface area contributed by atoms with Crippen molar-refractivity contribution in [2.24, 2.45) is 10.4 Å². The van der Waals surface area contributed by atoms with Gasteiger partial charge in [-0.1, -0.05) is 12.8 Å². The van der Waals surface area contributed by atoms with Crippen molar-refractivity contribution >= 4 is 17.8 Å². The summed E-state index contributed by atoms with van der Waals surface area (Å²) in [6.45, 7) is 4.49. The smallest absolute Gasteiger partial charge is 0.234 e. The van der Waals surface area contributed by atoms with E-state index in [9.17, 15) is 9.59 Å². The van der Waals surface area contributed by atoms with Gasteiger partial charge in [0.2, 0.25) is 11.8 Å². The number of piperazine rings is 1. The third-order valence-electron chi connectivity index (χ3n) is 6.20. The normalized spacial score (nSPS) is 22.8. The van der Waals surface area contributed by atoms with E-state index >= 15 is 0 Å². The lowest BCUT2D eigenvalue weighted by Gasteiger charge is -2.38. The number of amides is 2. The molecule has 3 fully saturated rings. The predicted molar refractivity (Wildman–Crippen MR) is 110 cm³/mol. The summed E-state index contributed by atoms with van der Waals surface area (Å²) in [7, 11) is 5.48. The van der Waals surface area contributed by atoms with Gasteiger partial charge in [0, 0.05) is 59.9 Å². The van der Waals surface area contributed by atoms with E-state index in [-0.39, 0.29) is 17.2 Å². The van der Waals surface area contributed by atoms with Gasteiger partial charge in [0.25, 0.3) is 0 Å². The largest absolute Gasteiger partial charge is 0.355 e. The van der Waals surface area contributed by atoms with Crippen LogP contribution in [-0.2, 0) is 9.59 Å². The van der Waals surface area contributed by atoms with Crippen LogP contribution in [0.5, 0.6) is 0 Å². The molecule has 2 amide bonds. The summed E-state index contributed by atoms with van der Waals surface area (Å²) in [5, 5.41) is 6.53. The average Bonchev–Trinajstić information content (AvgIpc) is 3.36. The van der Waals surface area contributed by atoms with Crippen molar-refractivity contribution in [3.63, 3.8) is 0 Å². The van der Waals surface area contributed by atoms with Gasteiger partial charge in [-0.3, -0.25) is 19.5 Å². The van der Waals surface area contributed by atoms with Crippen molar-refractivity contribution in [2.45, 2.75) is 44.6 Å². The molecule has 0 spiro atoms. The van der Waals surface area contributed by atoms with E-state index in [1.807, 2.05) is 14.1 Å². The number of carbonyl (C=O) groups is 2. The summed E-state index contributed by atoms with van der Waals surface area (Å²) in [5.74, 6) is 1.23. The molecule has 0 aromatic carbocycles. The van der Waals surface area contributed by atoms with Crippen LogP contribution in [0.25, 0.3) is 0 Å².